The molecule has 2 aromatic carbocycles. The second-order valence-electron chi connectivity index (χ2n) is 6.20. The van der Waals surface area contributed by atoms with Crippen LogP contribution >= 0.6 is 0 Å². The first-order valence-electron chi connectivity index (χ1n) is 8.99. The van der Waals surface area contributed by atoms with Crippen LogP contribution < -0.4 is 10.6 Å². The zero-order chi connectivity index (χ0) is 21.4. The van der Waals surface area contributed by atoms with E-state index >= 15 is 0 Å². The molecular weight excluding hydrogens is 372 g/mol. The quantitative estimate of drug-likeness (QED) is 0.425. The summed E-state index contributed by atoms with van der Waals surface area (Å²) in [7, 11) is 0. The van der Waals surface area contributed by atoms with Crippen LogP contribution in [0.3, 0.4) is 0 Å². The Balaban J connectivity index is 1.95. The highest BCUT2D eigenvalue weighted by molar-refractivity contribution is 6.10. The van der Waals surface area contributed by atoms with Crippen molar-refractivity contribution < 1.29 is 23.9 Å². The summed E-state index contributed by atoms with van der Waals surface area (Å²) in [4.78, 5) is 47.2. The summed E-state index contributed by atoms with van der Waals surface area (Å²) in [5.41, 5.74) is 2.13. The van der Waals surface area contributed by atoms with Gasteiger partial charge < -0.3 is 15.4 Å². The number of ether oxygens (including phenoxy) is 1. The van der Waals surface area contributed by atoms with Gasteiger partial charge in [-0.3, -0.25) is 14.4 Å². The fourth-order valence-corrected chi connectivity index (χ4v) is 2.36. The van der Waals surface area contributed by atoms with Gasteiger partial charge in [0.25, 0.3) is 5.91 Å². The van der Waals surface area contributed by atoms with Crippen LogP contribution in [0.1, 0.15) is 41.5 Å². The number of nitrogens with one attached hydrogen (secondary N) is 2. The molecule has 0 saturated carbocycles. The van der Waals surface area contributed by atoms with Crippen LogP contribution in [0.5, 0.6) is 0 Å². The summed E-state index contributed by atoms with van der Waals surface area (Å²) >= 11 is 0. The van der Waals surface area contributed by atoms with E-state index in [9.17, 15) is 19.2 Å². The SMILES string of the molecule is CCOC(=O)c1ccc(NC(=O)/C=C(/C)C(=O)Nc2ccc(C(C)=O)cc2)cc1. The first kappa shape index (κ1) is 21.6. The van der Waals surface area contributed by atoms with Crippen LogP contribution in [0.15, 0.2) is 60.2 Å². The Kier molecular flexibility index (Phi) is 7.42. The third-order valence-corrected chi connectivity index (χ3v) is 3.92. The maximum atomic E-state index is 12.2. The van der Waals surface area contributed by atoms with E-state index in [0.717, 1.165) is 0 Å². The Bertz CT molecular complexity index is 944. The maximum absolute atomic E-state index is 12.2. The Morgan fingerprint density at radius 2 is 1.34 bits per heavy atom. The lowest BCUT2D eigenvalue weighted by atomic mass is 10.1. The molecule has 0 aliphatic rings. The highest BCUT2D eigenvalue weighted by Crippen LogP contribution is 2.13. The molecule has 7 heteroatoms. The average molecular weight is 394 g/mol. The van der Waals surface area contributed by atoms with Crippen molar-refractivity contribution in [2.75, 3.05) is 17.2 Å². The van der Waals surface area contributed by atoms with E-state index < -0.39 is 17.8 Å². The molecule has 0 fully saturated rings. The monoisotopic (exact) mass is 394 g/mol. The van der Waals surface area contributed by atoms with Gasteiger partial charge in [0.2, 0.25) is 5.91 Å². The van der Waals surface area contributed by atoms with E-state index in [2.05, 4.69) is 10.6 Å². The number of benzene rings is 2. The van der Waals surface area contributed by atoms with Crippen LogP contribution in [-0.4, -0.2) is 30.2 Å². The van der Waals surface area contributed by atoms with Crippen LogP contribution in [0, 0.1) is 0 Å². The zero-order valence-electron chi connectivity index (χ0n) is 16.4. The van der Waals surface area contributed by atoms with Gasteiger partial charge in [-0.1, -0.05) is 0 Å². The number of rotatable bonds is 7. The predicted molar refractivity (Wildman–Crippen MR) is 110 cm³/mol. The second kappa shape index (κ2) is 9.98. The van der Waals surface area contributed by atoms with Crippen molar-refractivity contribution in [3.05, 3.63) is 71.3 Å². The van der Waals surface area contributed by atoms with E-state index in [0.29, 0.717) is 22.5 Å². The second-order valence-corrected chi connectivity index (χ2v) is 6.20. The van der Waals surface area contributed by atoms with Crippen LogP contribution in [0.4, 0.5) is 11.4 Å². The van der Waals surface area contributed by atoms with Crippen LogP contribution in [0.2, 0.25) is 0 Å². The Morgan fingerprint density at radius 3 is 1.86 bits per heavy atom. The Labute approximate surface area is 168 Å². The predicted octanol–water partition coefficient (Wildman–Crippen LogP) is 3.59. The van der Waals surface area contributed by atoms with E-state index in [-0.39, 0.29) is 18.0 Å². The molecule has 2 aromatic rings. The topological polar surface area (TPSA) is 102 Å². The molecule has 7 nitrogen and oxygen atoms in total. The number of carbonyl (C=O) groups is 4. The summed E-state index contributed by atoms with van der Waals surface area (Å²) in [5, 5.41) is 5.28. The Morgan fingerprint density at radius 1 is 0.828 bits per heavy atom. The summed E-state index contributed by atoms with van der Waals surface area (Å²) < 4.78 is 4.90. The van der Waals surface area contributed by atoms with E-state index in [1.54, 1.807) is 55.5 Å². The molecule has 0 saturated heterocycles. The number of esters is 1. The standard InChI is InChI=1S/C22H22N2O5/c1-4-29-22(28)17-7-11-18(12-8-17)23-20(26)13-14(2)21(27)24-19-9-5-16(6-10-19)15(3)25/h5-13H,4H2,1-3H3,(H,23,26)(H,24,27)/b14-13-. The number of hydrogen-bond donors (Lipinski definition) is 2. The van der Waals surface area contributed by atoms with Crippen molar-refractivity contribution >= 4 is 34.9 Å². The normalized spacial score (nSPS) is 10.8. The number of ketones is 1. The molecule has 0 heterocycles. The number of hydrogen-bond acceptors (Lipinski definition) is 5. The van der Waals surface area contributed by atoms with Gasteiger partial charge in [-0.25, -0.2) is 4.79 Å². The summed E-state index contributed by atoms with van der Waals surface area (Å²) in [6, 6.07) is 12.7. The first-order valence-corrected chi connectivity index (χ1v) is 8.99. The number of carbonyl (C=O) groups excluding carboxylic acids is 4. The molecule has 0 bridgehead atoms. The third kappa shape index (κ3) is 6.42. The van der Waals surface area contributed by atoms with Crippen LogP contribution in [-0.2, 0) is 14.3 Å². The molecule has 0 spiro atoms. The van der Waals surface area contributed by atoms with Gasteiger partial charge in [0.15, 0.2) is 5.78 Å². The highest BCUT2D eigenvalue weighted by Gasteiger charge is 2.09. The van der Waals surface area contributed by atoms with E-state index in [1.807, 2.05) is 0 Å². The van der Waals surface area contributed by atoms with Gasteiger partial charge in [-0.15, -0.1) is 0 Å². The van der Waals surface area contributed by atoms with Crippen molar-refractivity contribution in [3.63, 3.8) is 0 Å². The first-order chi connectivity index (χ1) is 13.8. The largest absolute Gasteiger partial charge is 0.462 e. The molecule has 0 atom stereocenters. The molecule has 0 aliphatic heterocycles. The highest BCUT2D eigenvalue weighted by atomic mass is 16.5. The molecule has 2 N–H and O–H groups in total. The summed E-state index contributed by atoms with van der Waals surface area (Å²) in [6.07, 6.45) is 1.18. The molecule has 0 aromatic heterocycles. The van der Waals surface area contributed by atoms with Gasteiger partial charge in [0, 0.05) is 28.6 Å². The van der Waals surface area contributed by atoms with Crippen molar-refractivity contribution in [3.8, 4) is 0 Å². The van der Waals surface area contributed by atoms with Crippen molar-refractivity contribution in [1.29, 1.82) is 0 Å². The molecule has 150 valence electrons. The lowest BCUT2D eigenvalue weighted by Crippen LogP contribution is -2.16. The lowest BCUT2D eigenvalue weighted by molar-refractivity contribution is -0.114. The van der Waals surface area contributed by atoms with Gasteiger partial charge in [-0.05, 0) is 69.3 Å². The van der Waals surface area contributed by atoms with Crippen molar-refractivity contribution in [1.82, 2.24) is 0 Å². The zero-order valence-corrected chi connectivity index (χ0v) is 16.4. The fraction of sp³-hybridized carbons (Fsp3) is 0.182. The van der Waals surface area contributed by atoms with Gasteiger partial charge >= 0.3 is 5.97 Å². The minimum Gasteiger partial charge on any atom is -0.462 e. The number of anilines is 2. The molecule has 0 unspecified atom stereocenters. The van der Waals surface area contributed by atoms with Gasteiger partial charge in [0.05, 0.1) is 12.2 Å². The maximum Gasteiger partial charge on any atom is 0.338 e. The molecule has 2 rings (SSSR count). The van der Waals surface area contributed by atoms with Crippen molar-refractivity contribution in [2.45, 2.75) is 20.8 Å². The third-order valence-electron chi connectivity index (χ3n) is 3.92. The van der Waals surface area contributed by atoms with Crippen LogP contribution in [0.25, 0.3) is 0 Å². The minimum absolute atomic E-state index is 0.0640. The average Bonchev–Trinajstić information content (AvgIpc) is 2.69. The molecule has 2 amide bonds. The summed E-state index contributed by atoms with van der Waals surface area (Å²) in [6.45, 7) is 4.98. The van der Waals surface area contributed by atoms with Crippen molar-refractivity contribution in [2.24, 2.45) is 0 Å². The summed E-state index contributed by atoms with van der Waals surface area (Å²) in [5.74, 6) is -1.41. The molecule has 0 radical (unpaired) electrons. The minimum atomic E-state index is -0.478. The molecule has 0 aliphatic carbocycles. The lowest BCUT2D eigenvalue weighted by Gasteiger charge is -2.07. The smallest absolute Gasteiger partial charge is 0.338 e. The van der Waals surface area contributed by atoms with E-state index in [4.69, 9.17) is 4.74 Å². The van der Waals surface area contributed by atoms with E-state index in [1.165, 1.54) is 19.9 Å². The number of amides is 2. The number of Topliss-reactive ketones (excluding diaryl/α,β-unsaturated/α-hetero) is 1. The van der Waals surface area contributed by atoms with Gasteiger partial charge in [0.1, 0.15) is 0 Å². The molecular formula is C22H22N2O5. The molecule has 29 heavy (non-hydrogen) atoms. The Hall–Kier alpha value is -3.74. The fourth-order valence-electron chi connectivity index (χ4n) is 2.36. The van der Waals surface area contributed by atoms with Gasteiger partial charge in [-0.2, -0.15) is 0 Å².